The van der Waals surface area contributed by atoms with Crippen LogP contribution in [0.25, 0.3) is 0 Å². The van der Waals surface area contributed by atoms with Gasteiger partial charge >= 0.3 is 6.03 Å². The molecule has 1 heterocycles. The Morgan fingerprint density at radius 3 is 2.34 bits per heavy atom. The van der Waals surface area contributed by atoms with Gasteiger partial charge in [-0.05, 0) is 36.6 Å². The van der Waals surface area contributed by atoms with Gasteiger partial charge in [-0.15, -0.1) is 0 Å². The number of likely N-dealkylation sites (N-methyl/N-ethyl adjacent to an activating group) is 1. The lowest BCUT2D eigenvalue weighted by Gasteiger charge is -2.28. The molecular formula is C22H24FN3O3. The third-order valence-corrected chi connectivity index (χ3v) is 5.59. The monoisotopic (exact) mass is 397 g/mol. The molecule has 1 saturated heterocycles. The molecule has 0 radical (unpaired) electrons. The first-order chi connectivity index (χ1) is 13.8. The maximum Gasteiger partial charge on any atom is 0.325 e. The number of nitrogens with zero attached hydrogens (tertiary/aromatic N) is 2. The van der Waals surface area contributed by atoms with E-state index in [1.807, 2.05) is 37.3 Å². The van der Waals surface area contributed by atoms with Crippen LogP contribution in [0.5, 0.6) is 0 Å². The van der Waals surface area contributed by atoms with E-state index in [-0.39, 0.29) is 24.9 Å². The summed E-state index contributed by atoms with van der Waals surface area (Å²) in [6.07, 6.45) is 0.282. The number of halogens is 1. The van der Waals surface area contributed by atoms with Crippen LogP contribution in [0.3, 0.4) is 0 Å². The molecular weight excluding hydrogens is 373 g/mol. The zero-order valence-corrected chi connectivity index (χ0v) is 16.7. The number of amides is 4. The molecule has 2 atom stereocenters. The molecule has 0 spiro atoms. The normalized spacial score (nSPS) is 19.8. The Morgan fingerprint density at radius 2 is 1.76 bits per heavy atom. The summed E-state index contributed by atoms with van der Waals surface area (Å²) in [6, 6.07) is 14.1. The van der Waals surface area contributed by atoms with Crippen molar-refractivity contribution in [3.63, 3.8) is 0 Å². The van der Waals surface area contributed by atoms with E-state index in [2.05, 4.69) is 5.32 Å². The summed E-state index contributed by atoms with van der Waals surface area (Å²) in [7, 11) is 1.64. The number of nitrogens with one attached hydrogen (secondary N) is 1. The van der Waals surface area contributed by atoms with Crippen molar-refractivity contribution < 1.29 is 18.8 Å². The number of rotatable bonds is 6. The Bertz CT molecular complexity index is 917. The zero-order valence-electron chi connectivity index (χ0n) is 16.7. The molecule has 3 rings (SSSR count). The minimum Gasteiger partial charge on any atom is -0.337 e. The Hall–Kier alpha value is -3.22. The maximum atomic E-state index is 13.3. The highest BCUT2D eigenvalue weighted by Crippen LogP contribution is 2.32. The topological polar surface area (TPSA) is 69.7 Å². The molecule has 2 unspecified atom stereocenters. The van der Waals surface area contributed by atoms with Gasteiger partial charge in [0.15, 0.2) is 0 Å². The van der Waals surface area contributed by atoms with Crippen LogP contribution in [0.4, 0.5) is 9.18 Å². The molecule has 1 aliphatic heterocycles. The van der Waals surface area contributed by atoms with Crippen molar-refractivity contribution in [3.8, 4) is 0 Å². The van der Waals surface area contributed by atoms with Gasteiger partial charge < -0.3 is 10.2 Å². The third kappa shape index (κ3) is 3.72. The molecule has 4 amide bonds. The highest BCUT2D eigenvalue weighted by molar-refractivity contribution is 6.09. The van der Waals surface area contributed by atoms with Crippen molar-refractivity contribution in [1.29, 1.82) is 0 Å². The highest BCUT2D eigenvalue weighted by Gasteiger charge is 2.51. The van der Waals surface area contributed by atoms with E-state index in [1.54, 1.807) is 14.0 Å². The van der Waals surface area contributed by atoms with Gasteiger partial charge in [0.1, 0.15) is 17.9 Å². The number of hydrogen-bond acceptors (Lipinski definition) is 3. The van der Waals surface area contributed by atoms with Crippen molar-refractivity contribution in [2.45, 2.75) is 31.8 Å². The molecule has 1 fully saturated rings. The summed E-state index contributed by atoms with van der Waals surface area (Å²) >= 11 is 0. The highest BCUT2D eigenvalue weighted by atomic mass is 19.1. The molecule has 1 N–H and O–H groups in total. The lowest BCUT2D eigenvalue weighted by molar-refractivity contribution is -0.139. The Kier molecular flexibility index (Phi) is 5.68. The largest absolute Gasteiger partial charge is 0.337 e. The number of benzene rings is 2. The Morgan fingerprint density at radius 1 is 1.14 bits per heavy atom. The number of carbonyl (C=O) groups excluding carboxylic acids is 3. The van der Waals surface area contributed by atoms with Gasteiger partial charge in [0.25, 0.3) is 5.91 Å². The van der Waals surface area contributed by atoms with E-state index in [4.69, 9.17) is 0 Å². The fraction of sp³-hybridized carbons (Fsp3) is 0.318. The van der Waals surface area contributed by atoms with Crippen LogP contribution >= 0.6 is 0 Å². The van der Waals surface area contributed by atoms with E-state index in [0.717, 1.165) is 10.5 Å². The molecule has 152 valence electrons. The van der Waals surface area contributed by atoms with E-state index in [9.17, 15) is 18.8 Å². The van der Waals surface area contributed by atoms with Crippen molar-refractivity contribution >= 4 is 17.8 Å². The van der Waals surface area contributed by atoms with Gasteiger partial charge in [0, 0.05) is 7.05 Å². The van der Waals surface area contributed by atoms with Gasteiger partial charge in [-0.1, -0.05) is 49.4 Å². The molecule has 2 aromatic rings. The number of imide groups is 1. The molecule has 0 aromatic heterocycles. The quantitative estimate of drug-likeness (QED) is 0.761. The van der Waals surface area contributed by atoms with Crippen LogP contribution < -0.4 is 5.32 Å². The first-order valence-electron chi connectivity index (χ1n) is 9.51. The van der Waals surface area contributed by atoms with E-state index in [0.29, 0.717) is 5.56 Å². The Labute approximate surface area is 169 Å². The third-order valence-electron chi connectivity index (χ3n) is 5.59. The second-order valence-electron chi connectivity index (χ2n) is 7.18. The fourth-order valence-corrected chi connectivity index (χ4v) is 3.56. The summed E-state index contributed by atoms with van der Waals surface area (Å²) in [5, 5.41) is 2.70. The van der Waals surface area contributed by atoms with E-state index >= 15 is 0 Å². The molecule has 6 nitrogen and oxygen atoms in total. The van der Waals surface area contributed by atoms with Crippen LogP contribution in [0.15, 0.2) is 54.6 Å². The summed E-state index contributed by atoms with van der Waals surface area (Å²) in [5.41, 5.74) is 0.143. The van der Waals surface area contributed by atoms with Crippen molar-refractivity contribution in [1.82, 2.24) is 15.1 Å². The number of carbonyl (C=O) groups is 3. The van der Waals surface area contributed by atoms with E-state index < -0.39 is 23.3 Å². The van der Waals surface area contributed by atoms with Gasteiger partial charge in [-0.2, -0.15) is 0 Å². The summed E-state index contributed by atoms with van der Waals surface area (Å²) in [4.78, 5) is 40.9. The number of hydrogen-bond donors (Lipinski definition) is 1. The number of urea groups is 1. The summed E-state index contributed by atoms with van der Waals surface area (Å²) < 4.78 is 13.3. The van der Waals surface area contributed by atoms with Crippen LogP contribution in [0.2, 0.25) is 0 Å². The fourth-order valence-electron chi connectivity index (χ4n) is 3.56. The molecule has 0 aliphatic carbocycles. The lowest BCUT2D eigenvalue weighted by atomic mass is 9.87. The second-order valence-corrected chi connectivity index (χ2v) is 7.18. The molecule has 2 aromatic carbocycles. The minimum absolute atomic E-state index is 0.211. The predicted octanol–water partition coefficient (Wildman–Crippen LogP) is 3.20. The van der Waals surface area contributed by atoms with Crippen molar-refractivity contribution in [2.24, 2.45) is 0 Å². The SMILES string of the molecule is CCC1(c2ccc(F)cc2)NC(=O)N(CC(=O)N(C)C(C)c2ccccc2)C1=O. The molecule has 0 saturated carbocycles. The van der Waals surface area contributed by atoms with Crippen LogP contribution in [-0.4, -0.2) is 41.2 Å². The minimum atomic E-state index is -1.30. The summed E-state index contributed by atoms with van der Waals surface area (Å²) in [5.74, 6) is -1.29. The van der Waals surface area contributed by atoms with Gasteiger partial charge in [0.05, 0.1) is 6.04 Å². The molecule has 1 aliphatic rings. The van der Waals surface area contributed by atoms with Gasteiger partial charge in [-0.25, -0.2) is 9.18 Å². The van der Waals surface area contributed by atoms with Gasteiger partial charge in [0.2, 0.25) is 5.91 Å². The standard InChI is InChI=1S/C22H24FN3O3/c1-4-22(17-10-12-18(23)13-11-17)20(28)26(21(29)24-22)14-19(27)25(3)15(2)16-8-6-5-7-9-16/h5-13,15H,4,14H2,1-3H3,(H,24,29). The first kappa shape index (κ1) is 20.5. The Balaban J connectivity index is 1.79. The summed E-state index contributed by atoms with van der Waals surface area (Å²) in [6.45, 7) is 3.28. The molecule has 0 bridgehead atoms. The van der Waals surface area contributed by atoms with Gasteiger partial charge in [-0.3, -0.25) is 14.5 Å². The van der Waals surface area contributed by atoms with Crippen LogP contribution in [0.1, 0.15) is 37.4 Å². The van der Waals surface area contributed by atoms with Crippen LogP contribution in [0, 0.1) is 5.82 Å². The van der Waals surface area contributed by atoms with Crippen LogP contribution in [-0.2, 0) is 15.1 Å². The zero-order chi connectivity index (χ0) is 21.2. The first-order valence-corrected chi connectivity index (χ1v) is 9.51. The van der Waals surface area contributed by atoms with Crippen molar-refractivity contribution in [2.75, 3.05) is 13.6 Å². The predicted molar refractivity (Wildman–Crippen MR) is 106 cm³/mol. The maximum absolute atomic E-state index is 13.3. The lowest BCUT2D eigenvalue weighted by Crippen LogP contribution is -2.45. The molecule has 7 heteroatoms. The average Bonchev–Trinajstić information content (AvgIpc) is 2.98. The van der Waals surface area contributed by atoms with E-state index in [1.165, 1.54) is 29.2 Å². The van der Waals surface area contributed by atoms with Crippen molar-refractivity contribution in [3.05, 3.63) is 71.5 Å². The second kappa shape index (κ2) is 8.03. The molecule has 29 heavy (non-hydrogen) atoms. The smallest absolute Gasteiger partial charge is 0.325 e. The average molecular weight is 397 g/mol.